The second-order valence-electron chi connectivity index (χ2n) is 10.1. The van der Waals surface area contributed by atoms with Gasteiger partial charge in [-0.15, -0.1) is 0 Å². The molecule has 1 aliphatic rings. The topological polar surface area (TPSA) is 97.0 Å². The van der Waals surface area contributed by atoms with Crippen LogP contribution in [0.3, 0.4) is 0 Å². The van der Waals surface area contributed by atoms with Gasteiger partial charge in [-0.05, 0) is 50.7 Å². The summed E-state index contributed by atoms with van der Waals surface area (Å²) in [7, 11) is 0. The molecule has 1 saturated heterocycles. The molecule has 194 valence electrons. The van der Waals surface area contributed by atoms with E-state index in [4.69, 9.17) is 9.47 Å². The molecule has 1 fully saturated rings. The predicted molar refractivity (Wildman–Crippen MR) is 137 cm³/mol. The van der Waals surface area contributed by atoms with E-state index in [1.165, 1.54) is 0 Å². The van der Waals surface area contributed by atoms with E-state index in [9.17, 15) is 14.4 Å². The van der Waals surface area contributed by atoms with Gasteiger partial charge in [0.15, 0.2) is 0 Å². The Labute approximate surface area is 213 Å². The molecule has 0 unspecified atom stereocenters. The minimum Gasteiger partial charge on any atom is -0.445 e. The standard InChI is InChI=1S/C28H37N3O5/c1-28(2,3)36-27(34)31-16-14-22(15-17-31)19-29-25(32)24(18-21-10-6-4-7-11-21)30-26(33)35-20-23-12-8-5-9-13-23/h4-13,22,24H,14-20H2,1-3H3,(H,29,32)(H,30,33)/t24-/m1/s1. The molecule has 0 aliphatic carbocycles. The van der Waals surface area contributed by atoms with Crippen LogP contribution >= 0.6 is 0 Å². The van der Waals surface area contributed by atoms with Crippen LogP contribution in [-0.2, 0) is 27.3 Å². The molecule has 0 saturated carbocycles. The summed E-state index contributed by atoms with van der Waals surface area (Å²) in [5.74, 6) is -0.0138. The van der Waals surface area contributed by atoms with Gasteiger partial charge in [-0.1, -0.05) is 60.7 Å². The number of rotatable bonds is 8. The lowest BCUT2D eigenvalue weighted by Crippen LogP contribution is -2.50. The molecule has 1 aliphatic heterocycles. The summed E-state index contributed by atoms with van der Waals surface area (Å²) in [5.41, 5.74) is 1.28. The zero-order valence-corrected chi connectivity index (χ0v) is 21.4. The number of carbonyl (C=O) groups excluding carboxylic acids is 3. The highest BCUT2D eigenvalue weighted by atomic mass is 16.6. The molecule has 8 nitrogen and oxygen atoms in total. The van der Waals surface area contributed by atoms with Gasteiger partial charge in [0.05, 0.1) is 0 Å². The lowest BCUT2D eigenvalue weighted by atomic mass is 9.96. The number of hydrogen-bond acceptors (Lipinski definition) is 5. The zero-order valence-electron chi connectivity index (χ0n) is 21.4. The molecule has 0 aromatic heterocycles. The molecule has 2 N–H and O–H groups in total. The quantitative estimate of drug-likeness (QED) is 0.570. The maximum atomic E-state index is 13.1. The number of hydrogen-bond donors (Lipinski definition) is 2. The molecule has 2 aromatic carbocycles. The van der Waals surface area contributed by atoms with Crippen molar-refractivity contribution in [2.24, 2.45) is 5.92 Å². The first-order valence-corrected chi connectivity index (χ1v) is 12.5. The molecular weight excluding hydrogens is 458 g/mol. The SMILES string of the molecule is CC(C)(C)OC(=O)N1CCC(CNC(=O)[C@@H](Cc2ccccc2)NC(=O)OCc2ccccc2)CC1. The summed E-state index contributed by atoms with van der Waals surface area (Å²) in [5, 5.41) is 5.71. The molecule has 3 rings (SSSR count). The zero-order chi connectivity index (χ0) is 26.0. The van der Waals surface area contributed by atoms with Crippen molar-refractivity contribution in [2.45, 2.75) is 58.3 Å². The monoisotopic (exact) mass is 495 g/mol. The van der Waals surface area contributed by atoms with Gasteiger partial charge in [-0.3, -0.25) is 4.79 Å². The molecule has 1 atom stereocenters. The third-order valence-electron chi connectivity index (χ3n) is 5.94. The summed E-state index contributed by atoms with van der Waals surface area (Å²) >= 11 is 0. The first-order chi connectivity index (χ1) is 17.2. The van der Waals surface area contributed by atoms with Crippen LogP contribution in [-0.4, -0.2) is 54.3 Å². The van der Waals surface area contributed by atoms with Crippen molar-refractivity contribution < 1.29 is 23.9 Å². The first kappa shape index (κ1) is 27.0. The van der Waals surface area contributed by atoms with Crippen LogP contribution in [0, 0.1) is 5.92 Å². The van der Waals surface area contributed by atoms with E-state index in [0.29, 0.717) is 26.1 Å². The summed E-state index contributed by atoms with van der Waals surface area (Å²) in [6, 6.07) is 18.2. The van der Waals surface area contributed by atoms with Gasteiger partial charge < -0.3 is 25.0 Å². The smallest absolute Gasteiger partial charge is 0.410 e. The Hall–Kier alpha value is -3.55. The predicted octanol–water partition coefficient (Wildman–Crippen LogP) is 4.29. The van der Waals surface area contributed by atoms with Crippen LogP contribution in [0.4, 0.5) is 9.59 Å². The summed E-state index contributed by atoms with van der Waals surface area (Å²) in [6.45, 7) is 7.34. The fourth-order valence-electron chi connectivity index (χ4n) is 3.98. The Morgan fingerprint density at radius 1 is 0.944 bits per heavy atom. The fraction of sp³-hybridized carbons (Fsp3) is 0.464. The van der Waals surface area contributed by atoms with Crippen LogP contribution in [0.1, 0.15) is 44.7 Å². The van der Waals surface area contributed by atoms with Crippen molar-refractivity contribution >= 4 is 18.1 Å². The maximum Gasteiger partial charge on any atom is 0.410 e. The van der Waals surface area contributed by atoms with Gasteiger partial charge in [0, 0.05) is 26.1 Å². The number of nitrogens with one attached hydrogen (secondary N) is 2. The lowest BCUT2D eigenvalue weighted by Gasteiger charge is -2.33. The average Bonchev–Trinajstić information content (AvgIpc) is 2.86. The number of ether oxygens (including phenoxy) is 2. The number of likely N-dealkylation sites (tertiary alicyclic amines) is 1. The number of amides is 3. The van der Waals surface area contributed by atoms with E-state index in [0.717, 1.165) is 24.0 Å². The molecular formula is C28H37N3O5. The normalized spacial score (nSPS) is 15.0. The Morgan fingerprint density at radius 2 is 1.53 bits per heavy atom. The molecule has 0 radical (unpaired) electrons. The van der Waals surface area contributed by atoms with Gasteiger partial charge in [-0.2, -0.15) is 0 Å². The number of carbonyl (C=O) groups is 3. The summed E-state index contributed by atoms with van der Waals surface area (Å²) < 4.78 is 10.8. The highest BCUT2D eigenvalue weighted by molar-refractivity contribution is 5.86. The van der Waals surface area contributed by atoms with Crippen LogP contribution in [0.2, 0.25) is 0 Å². The summed E-state index contributed by atoms with van der Waals surface area (Å²) in [4.78, 5) is 39.5. The van der Waals surface area contributed by atoms with E-state index in [2.05, 4.69) is 10.6 Å². The van der Waals surface area contributed by atoms with Gasteiger partial charge in [0.1, 0.15) is 18.2 Å². The van der Waals surface area contributed by atoms with Gasteiger partial charge in [0.25, 0.3) is 0 Å². The fourth-order valence-corrected chi connectivity index (χ4v) is 3.98. The first-order valence-electron chi connectivity index (χ1n) is 12.5. The number of alkyl carbamates (subject to hydrolysis) is 1. The van der Waals surface area contributed by atoms with Crippen molar-refractivity contribution in [3.8, 4) is 0 Å². The Kier molecular flexibility index (Phi) is 9.73. The second kappa shape index (κ2) is 13.0. The Bertz CT molecular complexity index is 983. The summed E-state index contributed by atoms with van der Waals surface area (Å²) in [6.07, 6.45) is 0.960. The molecule has 1 heterocycles. The minimum absolute atomic E-state index is 0.128. The van der Waals surface area contributed by atoms with Crippen LogP contribution in [0.15, 0.2) is 60.7 Å². The van der Waals surface area contributed by atoms with Gasteiger partial charge >= 0.3 is 12.2 Å². The third-order valence-corrected chi connectivity index (χ3v) is 5.94. The highest BCUT2D eigenvalue weighted by Gasteiger charge is 2.28. The lowest BCUT2D eigenvalue weighted by molar-refractivity contribution is -0.123. The Balaban J connectivity index is 1.50. The Morgan fingerprint density at radius 3 is 2.11 bits per heavy atom. The maximum absolute atomic E-state index is 13.1. The number of nitrogens with zero attached hydrogens (tertiary/aromatic N) is 1. The van der Waals surface area contributed by atoms with E-state index >= 15 is 0 Å². The van der Waals surface area contributed by atoms with Crippen molar-refractivity contribution in [3.63, 3.8) is 0 Å². The second-order valence-corrected chi connectivity index (χ2v) is 10.1. The molecule has 3 amide bonds. The third kappa shape index (κ3) is 9.24. The van der Waals surface area contributed by atoms with Crippen LogP contribution < -0.4 is 10.6 Å². The molecule has 2 aromatic rings. The molecule has 0 spiro atoms. The minimum atomic E-state index is -0.766. The van der Waals surface area contributed by atoms with Crippen molar-refractivity contribution in [1.82, 2.24) is 15.5 Å². The highest BCUT2D eigenvalue weighted by Crippen LogP contribution is 2.19. The van der Waals surface area contributed by atoms with E-state index in [1.807, 2.05) is 81.4 Å². The van der Waals surface area contributed by atoms with Crippen LogP contribution in [0.5, 0.6) is 0 Å². The van der Waals surface area contributed by atoms with Gasteiger partial charge in [0.2, 0.25) is 5.91 Å². The molecule has 8 heteroatoms. The van der Waals surface area contributed by atoms with Crippen molar-refractivity contribution in [3.05, 3.63) is 71.8 Å². The van der Waals surface area contributed by atoms with E-state index in [1.54, 1.807) is 4.90 Å². The van der Waals surface area contributed by atoms with Crippen molar-refractivity contribution in [2.75, 3.05) is 19.6 Å². The largest absolute Gasteiger partial charge is 0.445 e. The molecule has 36 heavy (non-hydrogen) atoms. The van der Waals surface area contributed by atoms with Crippen LogP contribution in [0.25, 0.3) is 0 Å². The molecule has 0 bridgehead atoms. The van der Waals surface area contributed by atoms with E-state index < -0.39 is 17.7 Å². The van der Waals surface area contributed by atoms with Gasteiger partial charge in [-0.25, -0.2) is 9.59 Å². The number of piperidine rings is 1. The number of benzene rings is 2. The van der Waals surface area contributed by atoms with Crippen molar-refractivity contribution in [1.29, 1.82) is 0 Å². The average molecular weight is 496 g/mol. The van der Waals surface area contributed by atoms with E-state index in [-0.39, 0.29) is 24.5 Å².